The van der Waals surface area contributed by atoms with E-state index in [9.17, 15) is 9.59 Å². The summed E-state index contributed by atoms with van der Waals surface area (Å²) < 4.78 is 0. The second kappa shape index (κ2) is 7.19. The molecule has 3 N–H and O–H groups in total. The van der Waals surface area contributed by atoms with Gasteiger partial charge < -0.3 is 16.0 Å². The molecule has 1 aromatic carbocycles. The minimum atomic E-state index is -0.207. The number of carbonyl (C=O) groups excluding carboxylic acids is 2. The summed E-state index contributed by atoms with van der Waals surface area (Å²) in [5.41, 5.74) is 6.60. The lowest BCUT2D eigenvalue weighted by Gasteiger charge is -2.16. The van der Waals surface area contributed by atoms with Gasteiger partial charge in [0.05, 0.1) is 13.1 Å². The lowest BCUT2D eigenvalue weighted by molar-refractivity contribution is -0.121. The fraction of sp³-hybridized carbons (Fsp3) is 0.286. The van der Waals surface area contributed by atoms with Gasteiger partial charge in [0.25, 0.3) is 5.91 Å². The van der Waals surface area contributed by atoms with Gasteiger partial charge in [-0.3, -0.25) is 9.59 Å². The Morgan fingerprint density at radius 3 is 2.47 bits per heavy atom. The van der Waals surface area contributed by atoms with Gasteiger partial charge in [-0.2, -0.15) is 0 Å². The summed E-state index contributed by atoms with van der Waals surface area (Å²) >= 11 is 0. The molecule has 0 aliphatic heterocycles. The standard InChI is InChI=1S/C14H17N3O2/c1-16-13(18)10-17(2)14(19)12-7-5-11(6-8-12)4-3-9-15/h5-8H,9-10,15H2,1-2H3,(H,16,18). The van der Waals surface area contributed by atoms with Crippen LogP contribution in [-0.2, 0) is 4.79 Å². The lowest BCUT2D eigenvalue weighted by Crippen LogP contribution is -2.36. The summed E-state index contributed by atoms with van der Waals surface area (Å²) in [5, 5.41) is 2.47. The molecule has 0 spiro atoms. The molecule has 0 aliphatic rings. The second-order valence-corrected chi connectivity index (χ2v) is 3.92. The molecule has 19 heavy (non-hydrogen) atoms. The number of likely N-dealkylation sites (N-methyl/N-ethyl adjacent to an activating group) is 2. The number of hydrogen-bond acceptors (Lipinski definition) is 3. The Kier molecular flexibility index (Phi) is 5.58. The van der Waals surface area contributed by atoms with Crippen LogP contribution in [0.3, 0.4) is 0 Å². The van der Waals surface area contributed by atoms with Crippen LogP contribution in [0.2, 0.25) is 0 Å². The first kappa shape index (κ1) is 14.7. The summed E-state index contributed by atoms with van der Waals surface area (Å²) in [4.78, 5) is 24.6. The molecule has 5 nitrogen and oxygen atoms in total. The first-order valence-electron chi connectivity index (χ1n) is 5.83. The van der Waals surface area contributed by atoms with Crippen molar-refractivity contribution in [3.8, 4) is 11.8 Å². The Hall–Kier alpha value is -2.32. The van der Waals surface area contributed by atoms with E-state index >= 15 is 0 Å². The number of benzene rings is 1. The first-order chi connectivity index (χ1) is 9.08. The Morgan fingerprint density at radius 2 is 1.95 bits per heavy atom. The van der Waals surface area contributed by atoms with Crippen LogP contribution in [0.4, 0.5) is 0 Å². The van der Waals surface area contributed by atoms with Gasteiger partial charge in [-0.1, -0.05) is 11.8 Å². The van der Waals surface area contributed by atoms with E-state index in [0.29, 0.717) is 12.1 Å². The maximum Gasteiger partial charge on any atom is 0.254 e. The Morgan fingerprint density at radius 1 is 1.32 bits per heavy atom. The maximum absolute atomic E-state index is 12.0. The highest BCUT2D eigenvalue weighted by Crippen LogP contribution is 2.06. The van der Waals surface area contributed by atoms with E-state index in [4.69, 9.17) is 5.73 Å². The smallest absolute Gasteiger partial charge is 0.254 e. The molecule has 100 valence electrons. The van der Waals surface area contributed by atoms with Gasteiger partial charge in [0.2, 0.25) is 5.91 Å². The van der Waals surface area contributed by atoms with Crippen LogP contribution in [0.5, 0.6) is 0 Å². The van der Waals surface area contributed by atoms with Crippen molar-refractivity contribution in [1.29, 1.82) is 0 Å². The SMILES string of the molecule is CNC(=O)CN(C)C(=O)c1ccc(C#CCN)cc1. The van der Waals surface area contributed by atoms with Crippen molar-refractivity contribution in [1.82, 2.24) is 10.2 Å². The third kappa shape index (κ3) is 4.45. The summed E-state index contributed by atoms with van der Waals surface area (Å²) in [6, 6.07) is 6.87. The van der Waals surface area contributed by atoms with Crippen LogP contribution < -0.4 is 11.1 Å². The van der Waals surface area contributed by atoms with Crippen molar-refractivity contribution in [2.45, 2.75) is 0 Å². The van der Waals surface area contributed by atoms with Crippen molar-refractivity contribution in [3.63, 3.8) is 0 Å². The zero-order valence-corrected chi connectivity index (χ0v) is 11.1. The Bertz CT molecular complexity index is 512. The minimum Gasteiger partial charge on any atom is -0.358 e. The molecule has 2 amide bonds. The highest BCUT2D eigenvalue weighted by atomic mass is 16.2. The fourth-order valence-corrected chi connectivity index (χ4v) is 1.44. The normalized spacial score (nSPS) is 9.21. The molecule has 0 saturated heterocycles. The molecule has 0 aliphatic carbocycles. The van der Waals surface area contributed by atoms with Crippen LogP contribution in [0.1, 0.15) is 15.9 Å². The van der Waals surface area contributed by atoms with Crippen LogP contribution in [-0.4, -0.2) is 43.9 Å². The molecule has 1 aromatic rings. The molecule has 0 heterocycles. The molecular formula is C14H17N3O2. The number of amides is 2. The molecule has 0 unspecified atom stereocenters. The summed E-state index contributed by atoms with van der Waals surface area (Å²) in [6.45, 7) is 0.333. The second-order valence-electron chi connectivity index (χ2n) is 3.92. The van der Waals surface area contributed by atoms with E-state index in [0.717, 1.165) is 5.56 Å². The van der Waals surface area contributed by atoms with Crippen LogP contribution in [0.25, 0.3) is 0 Å². The van der Waals surface area contributed by atoms with E-state index in [1.165, 1.54) is 11.9 Å². The predicted molar refractivity (Wildman–Crippen MR) is 73.4 cm³/mol. The monoisotopic (exact) mass is 259 g/mol. The van der Waals surface area contributed by atoms with Crippen LogP contribution in [0.15, 0.2) is 24.3 Å². The first-order valence-corrected chi connectivity index (χ1v) is 5.83. The van der Waals surface area contributed by atoms with Crippen molar-refractivity contribution in [3.05, 3.63) is 35.4 Å². The lowest BCUT2D eigenvalue weighted by atomic mass is 10.1. The molecule has 0 saturated carbocycles. The summed E-state index contributed by atoms with van der Waals surface area (Å²) in [6.07, 6.45) is 0. The van der Waals surface area contributed by atoms with Gasteiger partial charge in [-0.25, -0.2) is 0 Å². The largest absolute Gasteiger partial charge is 0.358 e. The molecular weight excluding hydrogens is 242 g/mol. The highest BCUT2D eigenvalue weighted by Gasteiger charge is 2.13. The molecule has 0 fully saturated rings. The van der Waals surface area contributed by atoms with E-state index in [-0.39, 0.29) is 18.4 Å². The van der Waals surface area contributed by atoms with E-state index < -0.39 is 0 Å². The Balaban J connectivity index is 2.75. The predicted octanol–water partition coefficient (Wildman–Crippen LogP) is -0.185. The number of rotatable bonds is 3. The topological polar surface area (TPSA) is 75.4 Å². The molecule has 5 heteroatoms. The quantitative estimate of drug-likeness (QED) is 0.739. The van der Waals surface area contributed by atoms with Gasteiger partial charge in [0.15, 0.2) is 0 Å². The van der Waals surface area contributed by atoms with Crippen molar-refractivity contribution >= 4 is 11.8 Å². The van der Waals surface area contributed by atoms with E-state index in [1.807, 2.05) is 0 Å². The average molecular weight is 259 g/mol. The number of nitrogens with one attached hydrogen (secondary N) is 1. The summed E-state index contributed by atoms with van der Waals surface area (Å²) in [5.74, 6) is 5.20. The van der Waals surface area contributed by atoms with Gasteiger partial charge >= 0.3 is 0 Å². The Labute approximate surface area is 112 Å². The zero-order valence-electron chi connectivity index (χ0n) is 11.1. The maximum atomic E-state index is 12.0. The third-order valence-electron chi connectivity index (χ3n) is 2.47. The molecule has 0 atom stereocenters. The van der Waals surface area contributed by atoms with Crippen LogP contribution >= 0.6 is 0 Å². The third-order valence-corrected chi connectivity index (χ3v) is 2.47. The number of nitrogens with two attached hydrogens (primary N) is 1. The van der Waals surface area contributed by atoms with Gasteiger partial charge in [-0.05, 0) is 24.3 Å². The minimum absolute atomic E-state index is 0.0318. The molecule has 0 aromatic heterocycles. The highest BCUT2D eigenvalue weighted by molar-refractivity contribution is 5.96. The fourth-order valence-electron chi connectivity index (χ4n) is 1.44. The van der Waals surface area contributed by atoms with E-state index in [1.54, 1.807) is 31.3 Å². The van der Waals surface area contributed by atoms with Gasteiger partial charge in [0.1, 0.15) is 0 Å². The zero-order chi connectivity index (χ0) is 14.3. The van der Waals surface area contributed by atoms with Crippen molar-refractivity contribution in [2.24, 2.45) is 5.73 Å². The van der Waals surface area contributed by atoms with E-state index in [2.05, 4.69) is 17.2 Å². The number of hydrogen-bond donors (Lipinski definition) is 2. The molecule has 1 rings (SSSR count). The summed E-state index contributed by atoms with van der Waals surface area (Å²) in [7, 11) is 3.12. The van der Waals surface area contributed by atoms with Gasteiger partial charge in [0, 0.05) is 25.2 Å². The molecule has 0 bridgehead atoms. The number of nitrogens with zero attached hydrogens (tertiary/aromatic N) is 1. The van der Waals surface area contributed by atoms with Crippen LogP contribution in [0, 0.1) is 11.8 Å². The average Bonchev–Trinajstić information content (AvgIpc) is 2.44. The van der Waals surface area contributed by atoms with Crippen molar-refractivity contribution < 1.29 is 9.59 Å². The van der Waals surface area contributed by atoms with Gasteiger partial charge in [-0.15, -0.1) is 0 Å². The van der Waals surface area contributed by atoms with Crippen molar-refractivity contribution in [2.75, 3.05) is 27.2 Å². The molecule has 0 radical (unpaired) electrons. The number of carbonyl (C=O) groups is 2.